The molecule has 23 nitrogen and oxygen atoms in total. The molecule has 0 radical (unpaired) electrons. The molecule has 616 valence electrons. The maximum Gasteiger partial charge on any atom is 0.446 e. The Hall–Kier alpha value is -9.27. The van der Waals surface area contributed by atoms with Crippen molar-refractivity contribution in [2.24, 2.45) is 22.0 Å². The van der Waals surface area contributed by atoms with Crippen LogP contribution in [0.3, 0.4) is 0 Å². The summed E-state index contributed by atoms with van der Waals surface area (Å²) in [5.41, 5.74) is 8.05. The number of carbonyl (C=O) groups is 3. The zero-order valence-corrected chi connectivity index (χ0v) is 71.1. The fraction of sp³-hybridized carbons (Fsp3) is 0.414. The topological polar surface area (TPSA) is 248 Å². The van der Waals surface area contributed by atoms with Gasteiger partial charge in [0.1, 0.15) is 11.2 Å². The van der Waals surface area contributed by atoms with Gasteiger partial charge in [0.25, 0.3) is 0 Å². The number of halogens is 4. The quantitative estimate of drug-likeness (QED) is 0.0774. The molecule has 6 aromatic heterocycles. The molecule has 6 fully saturated rings. The number of nitrogens with zero attached hydrogens (tertiary/aromatic N) is 12. The number of carbonyl (C=O) groups excluding carboxylic acids is 3. The first-order valence-electron chi connectivity index (χ1n) is 39.5. The highest BCUT2D eigenvalue weighted by Crippen LogP contribution is 2.47. The van der Waals surface area contributed by atoms with Crippen LogP contribution in [0.4, 0.5) is 40.6 Å². The van der Waals surface area contributed by atoms with Gasteiger partial charge in [0.15, 0.2) is 16.9 Å². The molecule has 6 aromatic carbocycles. The average molecular weight is 1720 g/mol. The number of rotatable bonds is 9. The Morgan fingerprint density at radius 1 is 0.496 bits per heavy atom. The molecule has 0 unspecified atom stereocenters. The van der Waals surface area contributed by atoms with Crippen LogP contribution in [0.2, 0.25) is 0 Å². The zero-order valence-electron chi connectivity index (χ0n) is 67.0. The number of aromatic nitrogens is 9. The molecule has 0 bridgehead atoms. The van der Waals surface area contributed by atoms with E-state index in [4.69, 9.17) is 49.2 Å². The Balaban J connectivity index is 0.000000132. The molecule has 0 aliphatic carbocycles. The second-order valence-corrected chi connectivity index (χ2v) is 36.3. The first kappa shape index (κ1) is 84.2. The molecule has 0 saturated carbocycles. The minimum atomic E-state index is -4.64. The Morgan fingerprint density at radius 2 is 0.838 bits per heavy atom. The Bertz CT molecular complexity index is 5490. The van der Waals surface area contributed by atoms with Crippen LogP contribution in [0.1, 0.15) is 101 Å². The molecule has 6 atom stereocenters. The zero-order chi connectivity index (χ0) is 82.6. The second kappa shape index (κ2) is 35.3. The van der Waals surface area contributed by atoms with E-state index in [1.54, 1.807) is 35.9 Å². The molecule has 6 saturated heterocycles. The van der Waals surface area contributed by atoms with Crippen LogP contribution in [0.15, 0.2) is 212 Å². The number of imidazole rings is 3. The lowest BCUT2D eigenvalue weighted by atomic mass is 9.73. The van der Waals surface area contributed by atoms with Gasteiger partial charge in [0, 0.05) is 132 Å². The molecule has 6 aliphatic heterocycles. The number of hydrogen-bond donors (Lipinski definition) is 4. The number of alkyl carbamates (subject to hydrolysis) is 2. The lowest BCUT2D eigenvalue weighted by Gasteiger charge is -2.43. The number of hydrogen-bond acceptors (Lipinski definition) is 21. The van der Waals surface area contributed by atoms with Gasteiger partial charge < -0.3 is 54.8 Å². The van der Waals surface area contributed by atoms with Crippen molar-refractivity contribution in [1.82, 2.24) is 53.7 Å². The van der Waals surface area contributed by atoms with Crippen molar-refractivity contribution in [2.75, 3.05) is 73.8 Å². The van der Waals surface area contributed by atoms with E-state index in [2.05, 4.69) is 188 Å². The first-order chi connectivity index (χ1) is 56.0. The van der Waals surface area contributed by atoms with E-state index in [0.29, 0.717) is 13.2 Å². The highest BCUT2D eigenvalue weighted by molar-refractivity contribution is 9.10. The molecule has 30 heteroatoms. The molecule has 12 aromatic rings. The number of piperidine rings is 3. The molecule has 2 amide bonds. The van der Waals surface area contributed by atoms with Gasteiger partial charge in [-0.05, 0) is 167 Å². The lowest BCUT2D eigenvalue weighted by molar-refractivity contribution is -0.156. The number of anilines is 3. The molecule has 12 heterocycles. The number of alkyl halides is 3. The van der Waals surface area contributed by atoms with Gasteiger partial charge in [-0.3, -0.25) is 18.0 Å². The van der Waals surface area contributed by atoms with Crippen LogP contribution in [0, 0.1) is 16.2 Å². The smallest absolute Gasteiger partial charge is 0.444 e. The van der Waals surface area contributed by atoms with E-state index in [1.165, 1.54) is 42.1 Å². The predicted molar refractivity (Wildman–Crippen MR) is 458 cm³/mol. The van der Waals surface area contributed by atoms with Gasteiger partial charge in [0.05, 0.1) is 64.5 Å². The van der Waals surface area contributed by atoms with Crippen molar-refractivity contribution in [2.45, 2.75) is 179 Å². The highest BCUT2D eigenvalue weighted by atomic mass is 79.9. The van der Waals surface area contributed by atoms with Crippen LogP contribution < -0.4 is 31.1 Å². The summed E-state index contributed by atoms with van der Waals surface area (Å²) in [6.07, 6.45) is 16.4. The normalized spacial score (nSPS) is 20.8. The van der Waals surface area contributed by atoms with Crippen molar-refractivity contribution in [3.05, 3.63) is 188 Å². The van der Waals surface area contributed by atoms with Gasteiger partial charge in [-0.1, -0.05) is 133 Å². The van der Waals surface area contributed by atoms with Crippen molar-refractivity contribution in [3.8, 4) is 0 Å². The van der Waals surface area contributed by atoms with E-state index >= 15 is 0 Å². The Morgan fingerprint density at radius 3 is 1.23 bits per heavy atom. The summed E-state index contributed by atoms with van der Waals surface area (Å²) in [4.78, 5) is 74.4. The first-order valence-corrected chi connectivity index (χ1v) is 42.3. The Kier molecular flexibility index (Phi) is 25.4. The van der Waals surface area contributed by atoms with Gasteiger partial charge in [-0.2, -0.15) is 13.2 Å². The third-order valence-electron chi connectivity index (χ3n) is 22.8. The van der Waals surface area contributed by atoms with Crippen molar-refractivity contribution < 1.29 is 51.2 Å². The third kappa shape index (κ3) is 19.1. The van der Waals surface area contributed by atoms with Gasteiger partial charge >= 0.3 is 18.4 Å². The number of ether oxygens (including phenoxy) is 5. The van der Waals surface area contributed by atoms with Crippen LogP contribution in [-0.2, 0) is 28.5 Å². The van der Waals surface area contributed by atoms with Crippen LogP contribution in [-0.4, -0.2) is 174 Å². The molecule has 3 spiro atoms. The number of fused-ring (bicyclic) bond motifs is 6. The minimum Gasteiger partial charge on any atom is -0.444 e. The predicted octanol–water partition coefficient (Wildman–Crippen LogP) is 17.6. The molecular formula is C87H99BrF3N15O8S3. The van der Waals surface area contributed by atoms with Crippen molar-refractivity contribution >= 4 is 138 Å². The van der Waals surface area contributed by atoms with Gasteiger partial charge in [-0.25, -0.2) is 39.5 Å². The monoisotopic (exact) mass is 1710 g/mol. The van der Waals surface area contributed by atoms with Crippen LogP contribution in [0.25, 0.3) is 49.3 Å². The summed E-state index contributed by atoms with van der Waals surface area (Å²) in [5.74, 6) is 2.73. The fourth-order valence-electron chi connectivity index (χ4n) is 16.7. The summed E-state index contributed by atoms with van der Waals surface area (Å²) in [6.45, 7) is 24.6. The van der Waals surface area contributed by atoms with Crippen LogP contribution >= 0.6 is 52.1 Å². The standard InChI is InChI=1S/C30H35N5O3S.C25H27N5OS.C20H28BrN5O3.C10H8S.C2HF3O/c1-20-25(33-28(36)38-29(2,3)4)30(19-37-20)12-15-34(16-13-30)27-32-18-24(26-31-14-17-35(26)27)39-23-11-7-9-21-8-5-6-10-22(21)23;1-17-22(26)25(16-31-17)9-12-29(13-10-25)24-28-15-21(23-27-11-14-30(23)24)32-20-8-4-6-18-5-2-3-7-19(18)20;1-13-15(24-18(27)29-19(2,3)4)20(12-28-13)5-8-25(9-6-20)17-23-11-14(21)16-22-7-10-26(16)17;11-10-7-3-5-8-4-1-2-6-9(8)10;3-2(4,5)1-6/h5-11,14,17-18,20,25H,12-13,15-16,19H2,1-4H3,(H,33,36);2-8,11,14-15,17,22H,9-10,12-13,16,26H2,1H3;7,10-11,13,15H,5-6,8-9,12H2,1-4H3,(H,24,27);1-7,11H;1H/t20-,25+;17-,22+;13-,15+;;/m000../s1. The molecule has 117 heavy (non-hydrogen) atoms. The van der Waals surface area contributed by atoms with Gasteiger partial charge in [-0.15, -0.1) is 12.6 Å². The molecule has 4 N–H and O–H groups in total. The third-order valence-corrected chi connectivity index (χ3v) is 25.9. The second-order valence-electron chi connectivity index (χ2n) is 32.8. The van der Waals surface area contributed by atoms with E-state index in [9.17, 15) is 22.8 Å². The Labute approximate surface area is 700 Å². The molecule has 6 aliphatic rings. The summed E-state index contributed by atoms with van der Waals surface area (Å²) in [7, 11) is 0. The van der Waals surface area contributed by atoms with Crippen LogP contribution in [0.5, 0.6) is 0 Å². The van der Waals surface area contributed by atoms with E-state index < -0.39 is 23.7 Å². The van der Waals surface area contributed by atoms with Crippen molar-refractivity contribution in [1.29, 1.82) is 0 Å². The number of nitrogens with one attached hydrogen (secondary N) is 2. The summed E-state index contributed by atoms with van der Waals surface area (Å²) in [6, 6.07) is 44.0. The molecule has 18 rings (SSSR count). The average Bonchev–Trinajstić information content (AvgIpc) is 1.63. The number of aldehydes is 1. The summed E-state index contributed by atoms with van der Waals surface area (Å²) >= 11 is 11.3. The van der Waals surface area contributed by atoms with Gasteiger partial charge in [0.2, 0.25) is 24.1 Å². The minimum absolute atomic E-state index is 0.0415. The maximum absolute atomic E-state index is 12.6. The number of nitrogens with two attached hydrogens (primary N) is 1. The van der Waals surface area contributed by atoms with E-state index in [1.807, 2.05) is 127 Å². The van der Waals surface area contributed by atoms with Crippen molar-refractivity contribution in [3.63, 3.8) is 0 Å². The largest absolute Gasteiger partial charge is 0.446 e. The summed E-state index contributed by atoms with van der Waals surface area (Å²) < 4.78 is 67.3. The van der Waals surface area contributed by atoms with E-state index in [0.717, 1.165) is 138 Å². The summed E-state index contributed by atoms with van der Waals surface area (Å²) in [5, 5.41) is 13.6. The highest BCUT2D eigenvalue weighted by Gasteiger charge is 2.53. The number of benzene rings is 6. The number of thiol groups is 1. The lowest BCUT2D eigenvalue weighted by Crippen LogP contribution is -2.55. The number of amides is 2. The fourth-order valence-corrected chi connectivity index (χ4v) is 19.5. The maximum atomic E-state index is 12.6. The SMILES string of the molecule is C[C@@H]1OCC2(CCN(c3ncc(Br)c4nccn34)CC2)[C@@H]1NC(=O)OC(C)(C)C.C[C@@H]1OCC2(CCN(c3ncc(Sc4cccc5ccccc45)c4nccn34)CC2)[C@@H]1N.C[C@@H]1OCC2(CCN(c3ncc(Sc4cccc5ccccc45)c4nccn34)CC2)[C@@H]1NC(=O)OC(C)(C)C.O=CC(F)(F)F.Sc1cccc2ccccc12. The van der Waals surface area contributed by atoms with E-state index in [-0.39, 0.29) is 64.9 Å². The molecular weight excluding hydrogens is 1620 g/mol.